The van der Waals surface area contributed by atoms with Crippen LogP contribution in [0.4, 0.5) is 5.69 Å². The molecule has 2 aromatic rings. The molecule has 10 heavy (non-hydrogen) atoms. The summed E-state index contributed by atoms with van der Waals surface area (Å²) >= 11 is 0. The van der Waals surface area contributed by atoms with E-state index in [1.807, 2.05) is 18.3 Å². The number of nitrogens with two attached hydrogens (primary N) is 1. The minimum Gasteiger partial charge on any atom is -0.397 e. The van der Waals surface area contributed by atoms with Crippen LogP contribution < -0.4 is 5.73 Å². The van der Waals surface area contributed by atoms with Crippen LogP contribution in [0.1, 0.15) is 0 Å². The van der Waals surface area contributed by atoms with Crippen LogP contribution in [0.3, 0.4) is 0 Å². The second-order valence-corrected chi connectivity index (χ2v) is 2.18. The van der Waals surface area contributed by atoms with Gasteiger partial charge in [0.1, 0.15) is 0 Å². The average molecular weight is 133 g/mol. The smallest absolute Gasteiger partial charge is 0.0880 e. The zero-order chi connectivity index (χ0) is 6.97. The van der Waals surface area contributed by atoms with Gasteiger partial charge < -0.3 is 10.7 Å². The average Bonchev–Trinajstić information content (AvgIpc) is 2.33. The molecule has 0 bridgehead atoms. The lowest BCUT2D eigenvalue weighted by molar-refractivity contribution is 1.41. The van der Waals surface area contributed by atoms with E-state index in [-0.39, 0.29) is 0 Å². The quantitative estimate of drug-likeness (QED) is 0.566. The van der Waals surface area contributed by atoms with Crippen molar-refractivity contribution >= 4 is 16.7 Å². The number of hydrogen-bond donors (Lipinski definition) is 2. The summed E-state index contributed by atoms with van der Waals surface area (Å²) in [5.74, 6) is 0. The van der Waals surface area contributed by atoms with Crippen LogP contribution in [-0.4, -0.2) is 9.97 Å². The van der Waals surface area contributed by atoms with Crippen molar-refractivity contribution in [3.05, 3.63) is 24.5 Å². The molecule has 0 unspecified atom stereocenters. The maximum absolute atomic E-state index is 5.50. The van der Waals surface area contributed by atoms with E-state index in [1.54, 1.807) is 6.20 Å². The van der Waals surface area contributed by atoms with Gasteiger partial charge in [0.25, 0.3) is 0 Å². The van der Waals surface area contributed by atoms with Crippen LogP contribution in [0, 0.1) is 0 Å². The summed E-state index contributed by atoms with van der Waals surface area (Å²) in [7, 11) is 0. The summed E-state index contributed by atoms with van der Waals surface area (Å²) in [5.41, 5.74) is 8.13. The fourth-order valence-electron chi connectivity index (χ4n) is 0.950. The first-order valence-electron chi connectivity index (χ1n) is 3.05. The molecular formula is C7H7N3. The molecule has 0 saturated carbocycles. The number of pyridine rings is 1. The molecule has 0 aromatic carbocycles. The van der Waals surface area contributed by atoms with Crippen LogP contribution in [0.15, 0.2) is 24.5 Å². The maximum atomic E-state index is 5.50. The third kappa shape index (κ3) is 0.639. The van der Waals surface area contributed by atoms with E-state index >= 15 is 0 Å². The Bertz CT molecular complexity index is 350. The van der Waals surface area contributed by atoms with Crippen molar-refractivity contribution in [3.63, 3.8) is 0 Å². The zero-order valence-electron chi connectivity index (χ0n) is 5.33. The number of nitrogen functional groups attached to an aromatic ring is 1. The van der Waals surface area contributed by atoms with Gasteiger partial charge in [-0.25, -0.2) is 0 Å². The highest BCUT2D eigenvalue weighted by atomic mass is 14.8. The molecule has 0 spiro atoms. The molecule has 3 nitrogen and oxygen atoms in total. The molecule has 0 aliphatic carbocycles. The van der Waals surface area contributed by atoms with Crippen molar-refractivity contribution in [2.45, 2.75) is 0 Å². The van der Waals surface area contributed by atoms with Crippen molar-refractivity contribution < 1.29 is 0 Å². The van der Waals surface area contributed by atoms with Crippen LogP contribution in [-0.2, 0) is 0 Å². The van der Waals surface area contributed by atoms with Crippen molar-refractivity contribution in [1.29, 1.82) is 0 Å². The normalized spacial score (nSPS) is 10.4. The summed E-state index contributed by atoms with van der Waals surface area (Å²) in [5, 5.41) is 0. The molecular weight excluding hydrogens is 126 g/mol. The molecule has 50 valence electrons. The Morgan fingerprint density at radius 2 is 2.40 bits per heavy atom. The first-order chi connectivity index (χ1) is 4.86. The van der Waals surface area contributed by atoms with Gasteiger partial charge in [0.15, 0.2) is 0 Å². The summed E-state index contributed by atoms with van der Waals surface area (Å²) in [6.45, 7) is 0. The largest absolute Gasteiger partial charge is 0.397 e. The highest BCUT2D eigenvalue weighted by molar-refractivity contribution is 5.77. The topological polar surface area (TPSA) is 54.7 Å². The monoisotopic (exact) mass is 133 g/mol. The Morgan fingerprint density at radius 3 is 3.30 bits per heavy atom. The lowest BCUT2D eigenvalue weighted by Gasteiger charge is -1.90. The Morgan fingerprint density at radius 1 is 1.50 bits per heavy atom. The van der Waals surface area contributed by atoms with E-state index in [4.69, 9.17) is 5.73 Å². The van der Waals surface area contributed by atoms with E-state index in [0.29, 0.717) is 5.69 Å². The van der Waals surface area contributed by atoms with Gasteiger partial charge in [-0.2, -0.15) is 0 Å². The molecule has 0 atom stereocenters. The summed E-state index contributed by atoms with van der Waals surface area (Å²) in [6, 6.07) is 3.77. The highest BCUT2D eigenvalue weighted by Gasteiger charge is 1.93. The van der Waals surface area contributed by atoms with Crippen LogP contribution in [0.5, 0.6) is 0 Å². The number of fused-ring (bicyclic) bond motifs is 1. The predicted octanol–water partition coefficient (Wildman–Crippen LogP) is 1.15. The van der Waals surface area contributed by atoms with Gasteiger partial charge in [0.05, 0.1) is 22.9 Å². The Balaban J connectivity index is 2.86. The minimum absolute atomic E-state index is 0.690. The fraction of sp³-hybridized carbons (Fsp3) is 0. The number of H-pyrrole nitrogens is 1. The van der Waals surface area contributed by atoms with Crippen LogP contribution in [0.2, 0.25) is 0 Å². The van der Waals surface area contributed by atoms with Gasteiger partial charge in [0.2, 0.25) is 0 Å². The summed E-state index contributed by atoms with van der Waals surface area (Å²) in [4.78, 5) is 7.10. The molecule has 3 N–H and O–H groups in total. The number of anilines is 1. The number of aromatic nitrogens is 2. The zero-order valence-corrected chi connectivity index (χ0v) is 5.33. The number of rotatable bonds is 0. The van der Waals surface area contributed by atoms with Crippen molar-refractivity contribution in [2.24, 2.45) is 0 Å². The molecule has 0 radical (unpaired) electrons. The fourth-order valence-corrected chi connectivity index (χ4v) is 0.950. The molecule has 0 aliphatic rings. The predicted molar refractivity (Wildman–Crippen MR) is 40.5 cm³/mol. The van der Waals surface area contributed by atoms with Crippen molar-refractivity contribution in [2.75, 3.05) is 5.73 Å². The third-order valence-corrected chi connectivity index (χ3v) is 1.42. The maximum Gasteiger partial charge on any atom is 0.0880 e. The third-order valence-electron chi connectivity index (χ3n) is 1.42. The van der Waals surface area contributed by atoms with Gasteiger partial charge in [0, 0.05) is 6.20 Å². The number of nitrogens with zero attached hydrogens (tertiary/aromatic N) is 1. The SMILES string of the molecule is Nc1cnc2cc[nH]c2c1. The van der Waals surface area contributed by atoms with Crippen LogP contribution in [0.25, 0.3) is 11.0 Å². The lowest BCUT2D eigenvalue weighted by Crippen LogP contribution is -1.84. The molecule has 0 fully saturated rings. The van der Waals surface area contributed by atoms with E-state index in [9.17, 15) is 0 Å². The Hall–Kier alpha value is -1.51. The van der Waals surface area contributed by atoms with Gasteiger partial charge in [-0.3, -0.25) is 4.98 Å². The van der Waals surface area contributed by atoms with Gasteiger partial charge in [-0.05, 0) is 12.1 Å². The van der Waals surface area contributed by atoms with Gasteiger partial charge in [-0.1, -0.05) is 0 Å². The molecule has 2 rings (SSSR count). The standard InChI is InChI=1S/C7H7N3/c8-5-3-7-6(10-4-5)1-2-9-7/h1-4,9H,8H2. The van der Waals surface area contributed by atoms with Gasteiger partial charge >= 0.3 is 0 Å². The summed E-state index contributed by atoms with van der Waals surface area (Å²) < 4.78 is 0. The number of hydrogen-bond acceptors (Lipinski definition) is 2. The summed E-state index contributed by atoms with van der Waals surface area (Å²) in [6.07, 6.45) is 3.49. The Kier molecular flexibility index (Phi) is 0.917. The number of nitrogens with one attached hydrogen (secondary N) is 1. The molecule has 2 heterocycles. The second kappa shape index (κ2) is 1.73. The lowest BCUT2D eigenvalue weighted by atomic mass is 10.3. The first-order valence-corrected chi connectivity index (χ1v) is 3.05. The van der Waals surface area contributed by atoms with E-state index < -0.39 is 0 Å². The molecule has 0 amide bonds. The van der Waals surface area contributed by atoms with Crippen LogP contribution >= 0.6 is 0 Å². The van der Waals surface area contributed by atoms with Gasteiger partial charge in [-0.15, -0.1) is 0 Å². The highest BCUT2D eigenvalue weighted by Crippen LogP contribution is 2.10. The second-order valence-electron chi connectivity index (χ2n) is 2.18. The van der Waals surface area contributed by atoms with Crippen molar-refractivity contribution in [1.82, 2.24) is 9.97 Å². The molecule has 2 aromatic heterocycles. The Labute approximate surface area is 57.9 Å². The number of aromatic amines is 1. The van der Waals surface area contributed by atoms with E-state index in [2.05, 4.69) is 9.97 Å². The molecule has 0 saturated heterocycles. The molecule has 0 aliphatic heterocycles. The van der Waals surface area contributed by atoms with E-state index in [0.717, 1.165) is 11.0 Å². The van der Waals surface area contributed by atoms with E-state index in [1.165, 1.54) is 0 Å². The minimum atomic E-state index is 0.690. The first kappa shape index (κ1) is 5.29. The molecule has 3 heteroatoms. The van der Waals surface area contributed by atoms with Crippen molar-refractivity contribution in [3.8, 4) is 0 Å².